The fourth-order valence-corrected chi connectivity index (χ4v) is 4.76. The van der Waals surface area contributed by atoms with Crippen LogP contribution in [0.4, 0.5) is 4.79 Å². The highest BCUT2D eigenvalue weighted by atomic mass is 32.2. The number of urea groups is 1. The van der Waals surface area contributed by atoms with Crippen LogP contribution in [0.5, 0.6) is 0 Å². The number of sulfonamides is 1. The minimum absolute atomic E-state index is 0.0206. The number of hydrogen-bond donors (Lipinski definition) is 2. The maximum absolute atomic E-state index is 12.5. The number of amides is 2. The molecule has 2 N–H and O–H groups in total. The van der Waals surface area contributed by atoms with E-state index in [2.05, 4.69) is 5.32 Å². The summed E-state index contributed by atoms with van der Waals surface area (Å²) in [5.74, 6) is -0.771. The summed E-state index contributed by atoms with van der Waals surface area (Å²) in [6.45, 7) is 7.11. The molecular formula is C16H30N4O5S. The van der Waals surface area contributed by atoms with Crippen LogP contribution < -0.4 is 5.32 Å². The van der Waals surface area contributed by atoms with Crippen molar-refractivity contribution in [2.24, 2.45) is 0 Å². The molecule has 0 aromatic heterocycles. The van der Waals surface area contributed by atoms with Crippen molar-refractivity contribution in [2.75, 3.05) is 38.5 Å². The SMILES string of the molecule is CCN(CC(=O)O)C1CC(NC(=O)N2CCN(S(=O)(=O)CC)C[C@H]2C)C1. The van der Waals surface area contributed by atoms with Crippen molar-refractivity contribution in [1.82, 2.24) is 19.4 Å². The second kappa shape index (κ2) is 8.53. The number of likely N-dealkylation sites (N-methyl/N-ethyl adjacent to an activating group) is 1. The molecule has 9 nitrogen and oxygen atoms in total. The van der Waals surface area contributed by atoms with Crippen LogP contribution in [0.3, 0.4) is 0 Å². The predicted octanol–water partition coefficient (Wildman–Crippen LogP) is -0.0107. The van der Waals surface area contributed by atoms with Crippen molar-refractivity contribution in [3.8, 4) is 0 Å². The summed E-state index contributed by atoms with van der Waals surface area (Å²) in [7, 11) is -3.23. The van der Waals surface area contributed by atoms with Gasteiger partial charge in [-0.25, -0.2) is 13.2 Å². The molecule has 1 aliphatic carbocycles. The first-order chi connectivity index (χ1) is 12.2. The molecular weight excluding hydrogens is 360 g/mol. The number of nitrogens with one attached hydrogen (secondary N) is 1. The summed E-state index contributed by atoms with van der Waals surface area (Å²) in [4.78, 5) is 27.0. The molecule has 1 aliphatic heterocycles. The van der Waals surface area contributed by atoms with Crippen molar-refractivity contribution in [2.45, 2.75) is 51.7 Å². The van der Waals surface area contributed by atoms with Crippen LogP contribution in [0.1, 0.15) is 33.6 Å². The zero-order valence-electron chi connectivity index (χ0n) is 15.7. The Morgan fingerprint density at radius 1 is 1.23 bits per heavy atom. The molecule has 2 amide bonds. The van der Waals surface area contributed by atoms with Crippen molar-refractivity contribution in [3.05, 3.63) is 0 Å². The molecule has 0 unspecified atom stereocenters. The van der Waals surface area contributed by atoms with Crippen LogP contribution in [0.15, 0.2) is 0 Å². The van der Waals surface area contributed by atoms with Crippen molar-refractivity contribution in [1.29, 1.82) is 0 Å². The zero-order chi connectivity index (χ0) is 19.5. The Bertz CT molecular complexity index is 620. The molecule has 150 valence electrons. The largest absolute Gasteiger partial charge is 0.480 e. The Morgan fingerprint density at radius 3 is 2.38 bits per heavy atom. The molecule has 0 bridgehead atoms. The number of carboxylic acid groups (broad SMARTS) is 1. The standard InChI is InChI=1S/C16H30N4O5S/c1-4-18(11-15(21)22)14-8-13(9-14)17-16(23)20-7-6-19(10-12(20)3)26(24,25)5-2/h12-14H,4-11H2,1-3H3,(H,17,23)(H,21,22)/t12-,13?,14?/m1/s1. The van der Waals surface area contributed by atoms with E-state index >= 15 is 0 Å². The van der Waals surface area contributed by atoms with Gasteiger partial charge in [-0.1, -0.05) is 6.92 Å². The molecule has 1 heterocycles. The van der Waals surface area contributed by atoms with Crippen LogP contribution in [0.25, 0.3) is 0 Å². The molecule has 0 radical (unpaired) electrons. The topological polar surface area (TPSA) is 110 Å². The first-order valence-electron chi connectivity index (χ1n) is 9.18. The Morgan fingerprint density at radius 2 is 1.88 bits per heavy atom. The van der Waals surface area contributed by atoms with E-state index in [-0.39, 0.29) is 36.5 Å². The smallest absolute Gasteiger partial charge is 0.317 e. The first kappa shape index (κ1) is 20.9. The Hall–Kier alpha value is -1.39. The number of aliphatic carboxylic acids is 1. The van der Waals surface area contributed by atoms with Gasteiger partial charge in [-0.2, -0.15) is 4.31 Å². The molecule has 0 aromatic rings. The second-order valence-electron chi connectivity index (χ2n) is 7.03. The zero-order valence-corrected chi connectivity index (χ0v) is 16.5. The fourth-order valence-electron chi connectivity index (χ4n) is 3.60. The van der Waals surface area contributed by atoms with Crippen LogP contribution in [0, 0.1) is 0 Å². The Kier molecular flexibility index (Phi) is 6.86. The number of carbonyl (C=O) groups is 2. The Balaban J connectivity index is 1.80. The van der Waals surface area contributed by atoms with Gasteiger partial charge in [0.05, 0.1) is 12.3 Å². The number of nitrogens with zero attached hydrogens (tertiary/aromatic N) is 3. The van der Waals surface area contributed by atoms with Gasteiger partial charge >= 0.3 is 12.0 Å². The highest BCUT2D eigenvalue weighted by Gasteiger charge is 2.37. The molecule has 0 spiro atoms. The van der Waals surface area contributed by atoms with Crippen molar-refractivity contribution < 1.29 is 23.1 Å². The molecule has 2 fully saturated rings. The molecule has 0 aromatic carbocycles. The van der Waals surface area contributed by atoms with E-state index in [0.29, 0.717) is 26.2 Å². The molecule has 26 heavy (non-hydrogen) atoms. The summed E-state index contributed by atoms with van der Waals surface area (Å²) >= 11 is 0. The van der Waals surface area contributed by atoms with Gasteiger partial charge < -0.3 is 15.3 Å². The number of carbonyl (C=O) groups excluding carboxylic acids is 1. The van der Waals surface area contributed by atoms with Gasteiger partial charge in [0.2, 0.25) is 10.0 Å². The lowest BCUT2D eigenvalue weighted by molar-refractivity contribution is -0.139. The maximum atomic E-state index is 12.5. The predicted molar refractivity (Wildman–Crippen MR) is 97.4 cm³/mol. The quantitative estimate of drug-likeness (QED) is 0.633. The van der Waals surface area contributed by atoms with Gasteiger partial charge in [0.25, 0.3) is 0 Å². The van der Waals surface area contributed by atoms with Crippen LogP contribution in [0.2, 0.25) is 0 Å². The van der Waals surface area contributed by atoms with Gasteiger partial charge in [-0.05, 0) is 33.2 Å². The molecule has 1 saturated carbocycles. The molecule has 1 atom stereocenters. The minimum Gasteiger partial charge on any atom is -0.480 e. The Labute approximate surface area is 155 Å². The van der Waals surface area contributed by atoms with Gasteiger partial charge in [0.15, 0.2) is 0 Å². The van der Waals surface area contributed by atoms with E-state index in [1.54, 1.807) is 11.8 Å². The van der Waals surface area contributed by atoms with Crippen LogP contribution in [-0.2, 0) is 14.8 Å². The normalized spacial score (nSPS) is 27.2. The average Bonchev–Trinajstić information content (AvgIpc) is 2.55. The summed E-state index contributed by atoms with van der Waals surface area (Å²) in [6.07, 6.45) is 1.48. The van der Waals surface area contributed by atoms with Gasteiger partial charge in [-0.15, -0.1) is 0 Å². The monoisotopic (exact) mass is 390 g/mol. The highest BCUT2D eigenvalue weighted by Crippen LogP contribution is 2.26. The van der Waals surface area contributed by atoms with Crippen molar-refractivity contribution in [3.63, 3.8) is 0 Å². The lowest BCUT2D eigenvalue weighted by atomic mass is 9.85. The average molecular weight is 391 g/mol. The third-order valence-corrected chi connectivity index (χ3v) is 7.16. The van der Waals surface area contributed by atoms with Crippen LogP contribution in [-0.4, -0.2) is 96.2 Å². The van der Waals surface area contributed by atoms with Gasteiger partial charge in [0.1, 0.15) is 0 Å². The van der Waals surface area contributed by atoms with Crippen molar-refractivity contribution >= 4 is 22.0 Å². The van der Waals surface area contributed by atoms with E-state index in [0.717, 1.165) is 12.8 Å². The van der Waals surface area contributed by atoms with E-state index in [1.807, 2.05) is 18.7 Å². The van der Waals surface area contributed by atoms with Gasteiger partial charge in [0, 0.05) is 37.8 Å². The maximum Gasteiger partial charge on any atom is 0.317 e. The highest BCUT2D eigenvalue weighted by molar-refractivity contribution is 7.89. The van der Waals surface area contributed by atoms with E-state index in [4.69, 9.17) is 5.11 Å². The molecule has 2 aliphatic rings. The van der Waals surface area contributed by atoms with E-state index in [1.165, 1.54) is 4.31 Å². The number of rotatable bonds is 7. The third kappa shape index (κ3) is 4.86. The summed E-state index contributed by atoms with van der Waals surface area (Å²) < 4.78 is 25.4. The molecule has 2 rings (SSSR count). The second-order valence-corrected chi connectivity index (χ2v) is 9.29. The first-order valence-corrected chi connectivity index (χ1v) is 10.8. The number of carboxylic acids is 1. The minimum atomic E-state index is -3.23. The van der Waals surface area contributed by atoms with E-state index in [9.17, 15) is 18.0 Å². The van der Waals surface area contributed by atoms with Crippen LogP contribution >= 0.6 is 0 Å². The molecule has 10 heteroatoms. The fraction of sp³-hybridized carbons (Fsp3) is 0.875. The number of hydrogen-bond acceptors (Lipinski definition) is 5. The third-order valence-electron chi connectivity index (χ3n) is 5.31. The van der Waals surface area contributed by atoms with E-state index < -0.39 is 16.0 Å². The lowest BCUT2D eigenvalue weighted by Crippen LogP contribution is -2.61. The van der Waals surface area contributed by atoms with Gasteiger partial charge in [-0.3, -0.25) is 9.69 Å². The summed E-state index contributed by atoms with van der Waals surface area (Å²) in [5.41, 5.74) is 0. The molecule has 1 saturated heterocycles. The number of piperazine rings is 1. The summed E-state index contributed by atoms with van der Waals surface area (Å²) in [6, 6.07) is -0.124. The lowest BCUT2D eigenvalue weighted by Gasteiger charge is -2.44. The summed E-state index contributed by atoms with van der Waals surface area (Å²) in [5, 5.41) is 11.9.